The molecule has 1 fully saturated rings. The molecule has 0 bridgehead atoms. The molecule has 1 amide bonds. The highest BCUT2D eigenvalue weighted by atomic mass is 32.2. The van der Waals surface area contributed by atoms with E-state index in [1.54, 1.807) is 18.2 Å². The Morgan fingerprint density at radius 3 is 2.18 bits per heavy atom. The summed E-state index contributed by atoms with van der Waals surface area (Å²) in [7, 11) is -1.30. The number of sulfonamides is 1. The average Bonchev–Trinajstić information content (AvgIpc) is 2.81. The minimum absolute atomic E-state index is 0.0421. The fraction of sp³-hybridized carbons (Fsp3) is 0.409. The van der Waals surface area contributed by atoms with Gasteiger partial charge >= 0.3 is 6.18 Å². The molecule has 2 aromatic rings. The largest absolute Gasteiger partial charge is 0.497 e. The first-order valence-corrected chi connectivity index (χ1v) is 11.7. The average molecular weight is 487 g/mol. The second-order valence-corrected chi connectivity index (χ2v) is 9.52. The van der Waals surface area contributed by atoms with Gasteiger partial charge in [0.05, 0.1) is 24.7 Å². The van der Waals surface area contributed by atoms with Crippen LogP contribution in [-0.4, -0.2) is 45.9 Å². The Labute approximate surface area is 190 Å². The smallest absolute Gasteiger partial charge is 0.417 e. The van der Waals surface area contributed by atoms with E-state index in [1.165, 1.54) is 20.3 Å². The van der Waals surface area contributed by atoms with E-state index in [1.807, 2.05) is 0 Å². The maximum absolute atomic E-state index is 13.3. The molecule has 1 aliphatic heterocycles. The Morgan fingerprint density at radius 1 is 1.06 bits per heavy atom. The van der Waals surface area contributed by atoms with Crippen molar-refractivity contribution in [3.63, 3.8) is 0 Å². The Balaban J connectivity index is 1.63. The summed E-state index contributed by atoms with van der Waals surface area (Å²) >= 11 is 0. The molecule has 1 aliphatic rings. The molecule has 0 aromatic heterocycles. The summed E-state index contributed by atoms with van der Waals surface area (Å²) < 4.78 is 77.0. The standard InChI is InChI=1S/C22H25F3N2O5S/c1-31-17-11-15(12-18(13-17)32-2)14-26-21(28)16-7-9-27(10-8-16)33(29,30)20-6-4-3-5-19(20)22(23,24)25/h3-6,11-13,16H,7-10,14H2,1-2H3,(H,26,28). The van der Waals surface area contributed by atoms with Gasteiger partial charge in [0.1, 0.15) is 11.5 Å². The van der Waals surface area contributed by atoms with Gasteiger partial charge in [-0.25, -0.2) is 8.42 Å². The Morgan fingerprint density at radius 2 is 1.64 bits per heavy atom. The third-order valence-corrected chi connectivity index (χ3v) is 7.47. The Bertz CT molecular complexity index is 1080. The van der Waals surface area contributed by atoms with E-state index in [-0.39, 0.29) is 38.4 Å². The van der Waals surface area contributed by atoms with Gasteiger partial charge in [-0.15, -0.1) is 0 Å². The number of halogens is 3. The molecular formula is C22H25F3N2O5S. The number of carbonyl (C=O) groups excluding carboxylic acids is 1. The highest BCUT2D eigenvalue weighted by Crippen LogP contribution is 2.36. The van der Waals surface area contributed by atoms with Gasteiger partial charge in [-0.3, -0.25) is 4.79 Å². The number of rotatable bonds is 7. The van der Waals surface area contributed by atoms with Crippen molar-refractivity contribution in [2.45, 2.75) is 30.5 Å². The van der Waals surface area contributed by atoms with Gasteiger partial charge in [0.2, 0.25) is 15.9 Å². The van der Waals surface area contributed by atoms with Crippen molar-refractivity contribution in [2.24, 2.45) is 5.92 Å². The van der Waals surface area contributed by atoms with Gasteiger partial charge in [0.15, 0.2) is 0 Å². The lowest BCUT2D eigenvalue weighted by atomic mass is 9.97. The molecule has 0 aliphatic carbocycles. The van der Waals surface area contributed by atoms with Crippen molar-refractivity contribution in [1.82, 2.24) is 9.62 Å². The summed E-state index contributed by atoms with van der Waals surface area (Å²) in [4.78, 5) is 11.8. The molecule has 1 N–H and O–H groups in total. The van der Waals surface area contributed by atoms with Crippen LogP contribution in [0.4, 0.5) is 13.2 Å². The lowest BCUT2D eigenvalue weighted by Crippen LogP contribution is -2.43. The number of hydrogen-bond acceptors (Lipinski definition) is 5. The maximum atomic E-state index is 13.3. The first-order chi connectivity index (χ1) is 15.6. The molecule has 0 saturated carbocycles. The quantitative estimate of drug-likeness (QED) is 0.648. The zero-order valence-corrected chi connectivity index (χ0v) is 19.0. The van der Waals surface area contributed by atoms with Crippen LogP contribution in [0.1, 0.15) is 24.0 Å². The number of hydrogen-bond donors (Lipinski definition) is 1. The summed E-state index contributed by atoms with van der Waals surface area (Å²) in [5.74, 6) is 0.471. The molecule has 1 heterocycles. The van der Waals surface area contributed by atoms with Gasteiger partial charge in [-0.05, 0) is 42.7 Å². The summed E-state index contributed by atoms with van der Waals surface area (Å²) in [6, 6.07) is 9.34. The van der Waals surface area contributed by atoms with Crippen LogP contribution in [0.25, 0.3) is 0 Å². The Hall–Kier alpha value is -2.79. The second kappa shape index (κ2) is 10.0. The summed E-state index contributed by atoms with van der Waals surface area (Å²) in [6.45, 7) is 0.142. The number of amides is 1. The third-order valence-electron chi connectivity index (χ3n) is 5.51. The molecule has 0 spiro atoms. The molecule has 1 saturated heterocycles. The predicted molar refractivity (Wildman–Crippen MR) is 114 cm³/mol. The van der Waals surface area contributed by atoms with Crippen LogP contribution in [-0.2, 0) is 27.5 Å². The number of alkyl halides is 3. The first kappa shape index (κ1) is 24.8. The number of nitrogens with one attached hydrogen (secondary N) is 1. The van der Waals surface area contributed by atoms with E-state index in [2.05, 4.69) is 5.32 Å². The molecule has 3 rings (SSSR count). The topological polar surface area (TPSA) is 84.9 Å². The number of methoxy groups -OCH3 is 2. The highest BCUT2D eigenvalue weighted by Gasteiger charge is 2.40. The van der Waals surface area contributed by atoms with Gasteiger partial charge < -0.3 is 14.8 Å². The van der Waals surface area contributed by atoms with E-state index in [0.29, 0.717) is 11.5 Å². The van der Waals surface area contributed by atoms with Gasteiger partial charge in [0, 0.05) is 31.6 Å². The van der Waals surface area contributed by atoms with Gasteiger partial charge in [-0.2, -0.15) is 17.5 Å². The van der Waals surface area contributed by atoms with Crippen molar-refractivity contribution in [3.05, 3.63) is 53.6 Å². The number of piperidine rings is 1. The molecule has 7 nitrogen and oxygen atoms in total. The summed E-state index contributed by atoms with van der Waals surface area (Å²) in [5.41, 5.74) is -0.429. The maximum Gasteiger partial charge on any atom is 0.417 e. The molecule has 0 unspecified atom stereocenters. The molecule has 11 heteroatoms. The monoisotopic (exact) mass is 486 g/mol. The highest BCUT2D eigenvalue weighted by molar-refractivity contribution is 7.89. The van der Waals surface area contributed by atoms with E-state index in [4.69, 9.17) is 9.47 Å². The molecule has 0 atom stereocenters. The Kier molecular flexibility index (Phi) is 7.53. The van der Waals surface area contributed by atoms with Crippen LogP contribution in [0.5, 0.6) is 11.5 Å². The van der Waals surface area contributed by atoms with Crippen molar-refractivity contribution in [2.75, 3.05) is 27.3 Å². The van der Waals surface area contributed by atoms with Crippen molar-refractivity contribution < 1.29 is 35.9 Å². The fourth-order valence-electron chi connectivity index (χ4n) is 3.73. The molecular weight excluding hydrogens is 461 g/mol. The van der Waals surface area contributed by atoms with Crippen LogP contribution >= 0.6 is 0 Å². The number of ether oxygens (including phenoxy) is 2. The number of nitrogens with zero attached hydrogens (tertiary/aromatic N) is 1. The lowest BCUT2D eigenvalue weighted by Gasteiger charge is -2.31. The van der Waals surface area contributed by atoms with Crippen molar-refractivity contribution in [1.29, 1.82) is 0 Å². The SMILES string of the molecule is COc1cc(CNC(=O)C2CCN(S(=O)(=O)c3ccccc3C(F)(F)F)CC2)cc(OC)c1. The van der Waals surface area contributed by atoms with Crippen LogP contribution in [0.15, 0.2) is 47.4 Å². The minimum atomic E-state index is -4.79. The van der Waals surface area contributed by atoms with Crippen LogP contribution in [0, 0.1) is 5.92 Å². The number of benzene rings is 2. The molecule has 180 valence electrons. The zero-order chi connectivity index (χ0) is 24.2. The molecule has 0 radical (unpaired) electrons. The predicted octanol–water partition coefficient (Wildman–Crippen LogP) is 3.44. The van der Waals surface area contributed by atoms with Crippen molar-refractivity contribution >= 4 is 15.9 Å². The minimum Gasteiger partial charge on any atom is -0.497 e. The van der Waals surface area contributed by atoms with E-state index in [9.17, 15) is 26.4 Å². The van der Waals surface area contributed by atoms with Crippen LogP contribution in [0.2, 0.25) is 0 Å². The first-order valence-electron chi connectivity index (χ1n) is 10.2. The van der Waals surface area contributed by atoms with E-state index in [0.717, 1.165) is 28.1 Å². The van der Waals surface area contributed by atoms with E-state index >= 15 is 0 Å². The number of carbonyl (C=O) groups is 1. The molecule has 2 aromatic carbocycles. The van der Waals surface area contributed by atoms with Crippen LogP contribution in [0.3, 0.4) is 0 Å². The van der Waals surface area contributed by atoms with E-state index < -0.39 is 32.6 Å². The lowest BCUT2D eigenvalue weighted by molar-refractivity contribution is -0.139. The summed E-state index contributed by atoms with van der Waals surface area (Å²) in [5, 5.41) is 2.82. The zero-order valence-electron chi connectivity index (χ0n) is 18.2. The second-order valence-electron chi connectivity index (χ2n) is 7.61. The fourth-order valence-corrected chi connectivity index (χ4v) is 5.41. The van der Waals surface area contributed by atoms with Crippen molar-refractivity contribution in [3.8, 4) is 11.5 Å². The summed E-state index contributed by atoms with van der Waals surface area (Å²) in [6.07, 6.45) is -4.37. The molecule has 33 heavy (non-hydrogen) atoms. The van der Waals surface area contributed by atoms with Gasteiger partial charge in [0.25, 0.3) is 0 Å². The van der Waals surface area contributed by atoms with Gasteiger partial charge in [-0.1, -0.05) is 12.1 Å². The van der Waals surface area contributed by atoms with Crippen LogP contribution < -0.4 is 14.8 Å². The third kappa shape index (κ3) is 5.77. The normalized spacial score (nSPS) is 15.8.